The number of fused-ring (bicyclic) bond motifs is 1. The minimum Gasteiger partial charge on any atom is -0.482 e. The van der Waals surface area contributed by atoms with E-state index in [4.69, 9.17) is 4.74 Å². The van der Waals surface area contributed by atoms with E-state index in [1.807, 2.05) is 24.3 Å². The van der Waals surface area contributed by atoms with E-state index in [9.17, 15) is 4.79 Å². The van der Waals surface area contributed by atoms with E-state index < -0.39 is 0 Å². The van der Waals surface area contributed by atoms with Crippen molar-refractivity contribution in [2.45, 2.75) is 6.42 Å². The fraction of sp³-hybridized carbons (Fsp3) is 0.222. The Morgan fingerprint density at radius 3 is 3.33 bits per heavy atom. The van der Waals surface area contributed by atoms with Crippen LogP contribution in [0.1, 0.15) is 6.42 Å². The third-order valence-corrected chi connectivity index (χ3v) is 1.74. The second-order valence-electron chi connectivity index (χ2n) is 2.65. The van der Waals surface area contributed by atoms with Crippen LogP contribution in [0.3, 0.4) is 0 Å². The number of nitrogens with one attached hydrogen (secondary N) is 1. The number of morpholine rings is 1. The molecule has 1 N–H and O–H groups in total. The molecule has 0 aromatic heterocycles. The summed E-state index contributed by atoms with van der Waals surface area (Å²) in [5.41, 5.74) is 0.788. The lowest BCUT2D eigenvalue weighted by Crippen LogP contribution is -2.33. The number of allylic oxidation sites excluding steroid dienone is 4. The minimum atomic E-state index is -0.0831. The van der Waals surface area contributed by atoms with Crippen LogP contribution in [0.2, 0.25) is 0 Å². The Labute approximate surface area is 70.4 Å². The minimum absolute atomic E-state index is 0.0831. The third kappa shape index (κ3) is 1.25. The van der Waals surface area contributed by atoms with Crippen LogP contribution in [-0.4, -0.2) is 12.5 Å². The molecule has 1 aliphatic carbocycles. The van der Waals surface area contributed by atoms with Gasteiger partial charge in [0, 0.05) is 0 Å². The monoisotopic (exact) mass is 163 g/mol. The van der Waals surface area contributed by atoms with Crippen molar-refractivity contribution in [1.29, 1.82) is 0 Å². The Bertz CT molecular complexity index is 300. The Morgan fingerprint density at radius 1 is 1.50 bits per heavy atom. The Morgan fingerprint density at radius 2 is 2.42 bits per heavy atom. The lowest BCUT2D eigenvalue weighted by molar-refractivity contribution is -0.125. The van der Waals surface area contributed by atoms with Gasteiger partial charge in [-0.15, -0.1) is 0 Å². The lowest BCUT2D eigenvalue weighted by Gasteiger charge is -2.19. The van der Waals surface area contributed by atoms with Gasteiger partial charge in [-0.1, -0.05) is 18.2 Å². The van der Waals surface area contributed by atoms with Gasteiger partial charge in [0.05, 0.1) is 5.70 Å². The zero-order valence-electron chi connectivity index (χ0n) is 6.54. The summed E-state index contributed by atoms with van der Waals surface area (Å²) in [5.74, 6) is 0.670. The molecule has 1 heterocycles. The van der Waals surface area contributed by atoms with Gasteiger partial charge in [-0.3, -0.25) is 4.79 Å². The van der Waals surface area contributed by atoms with Gasteiger partial charge in [0.1, 0.15) is 5.76 Å². The number of hydrogen-bond acceptors (Lipinski definition) is 2. The van der Waals surface area contributed by atoms with Gasteiger partial charge in [-0.05, 0) is 12.5 Å². The molecule has 0 atom stereocenters. The maximum absolute atomic E-state index is 10.9. The van der Waals surface area contributed by atoms with Gasteiger partial charge in [-0.2, -0.15) is 0 Å². The van der Waals surface area contributed by atoms with E-state index in [1.54, 1.807) is 0 Å². The molecule has 12 heavy (non-hydrogen) atoms. The number of rotatable bonds is 0. The highest BCUT2D eigenvalue weighted by Crippen LogP contribution is 2.16. The molecule has 0 saturated carbocycles. The molecule has 0 aromatic rings. The molecule has 62 valence electrons. The topological polar surface area (TPSA) is 38.3 Å². The summed E-state index contributed by atoms with van der Waals surface area (Å²) < 4.78 is 5.20. The quantitative estimate of drug-likeness (QED) is 0.575. The highest BCUT2D eigenvalue weighted by Gasteiger charge is 2.17. The Kier molecular flexibility index (Phi) is 1.70. The molecule has 2 aliphatic rings. The highest BCUT2D eigenvalue weighted by molar-refractivity contribution is 5.81. The van der Waals surface area contributed by atoms with E-state index in [0.717, 1.165) is 17.9 Å². The van der Waals surface area contributed by atoms with Crippen LogP contribution in [0.15, 0.2) is 35.8 Å². The molecule has 0 aromatic carbocycles. The molecule has 0 spiro atoms. The molecule has 1 amide bonds. The first-order valence-electron chi connectivity index (χ1n) is 3.86. The summed E-state index contributed by atoms with van der Waals surface area (Å²) in [6, 6.07) is 0. The maximum atomic E-state index is 10.9. The second-order valence-corrected chi connectivity index (χ2v) is 2.65. The average molecular weight is 163 g/mol. The van der Waals surface area contributed by atoms with Gasteiger partial charge in [0.25, 0.3) is 5.91 Å². The van der Waals surface area contributed by atoms with E-state index >= 15 is 0 Å². The molecular weight excluding hydrogens is 154 g/mol. The van der Waals surface area contributed by atoms with Crippen LogP contribution in [0.4, 0.5) is 0 Å². The summed E-state index contributed by atoms with van der Waals surface area (Å²) in [4.78, 5) is 10.9. The lowest BCUT2D eigenvalue weighted by atomic mass is 10.3. The van der Waals surface area contributed by atoms with Crippen molar-refractivity contribution in [3.05, 3.63) is 35.8 Å². The summed E-state index contributed by atoms with van der Waals surface area (Å²) in [7, 11) is 0. The van der Waals surface area contributed by atoms with Crippen LogP contribution in [0.25, 0.3) is 0 Å². The zero-order chi connectivity index (χ0) is 8.39. The fourth-order valence-electron chi connectivity index (χ4n) is 1.18. The number of carbonyl (C=O) groups is 1. The summed E-state index contributed by atoms with van der Waals surface area (Å²) >= 11 is 0. The van der Waals surface area contributed by atoms with Crippen LogP contribution in [0, 0.1) is 0 Å². The number of amides is 1. The predicted molar refractivity (Wildman–Crippen MR) is 44.0 cm³/mol. The van der Waals surface area contributed by atoms with Gasteiger partial charge in [0.15, 0.2) is 6.61 Å². The van der Waals surface area contributed by atoms with Gasteiger partial charge in [0.2, 0.25) is 0 Å². The van der Waals surface area contributed by atoms with Gasteiger partial charge < -0.3 is 10.1 Å². The summed E-state index contributed by atoms with van der Waals surface area (Å²) in [5, 5.41) is 2.75. The molecule has 1 fully saturated rings. The van der Waals surface area contributed by atoms with Crippen molar-refractivity contribution in [2.75, 3.05) is 6.61 Å². The maximum Gasteiger partial charge on any atom is 0.262 e. The van der Waals surface area contributed by atoms with Crippen molar-refractivity contribution >= 4 is 5.91 Å². The number of hydrogen-bond donors (Lipinski definition) is 1. The largest absolute Gasteiger partial charge is 0.482 e. The first-order chi connectivity index (χ1) is 5.86. The standard InChI is InChI=1S/C9H9NO2/c11-9-6-12-8-5-3-1-2-4-7(8)10-9/h1,3-5H,2,6H2,(H,10,11). The van der Waals surface area contributed by atoms with Crippen molar-refractivity contribution < 1.29 is 9.53 Å². The van der Waals surface area contributed by atoms with Crippen molar-refractivity contribution in [1.82, 2.24) is 5.32 Å². The molecule has 2 rings (SSSR count). The van der Waals surface area contributed by atoms with Crippen LogP contribution < -0.4 is 5.32 Å². The summed E-state index contributed by atoms with van der Waals surface area (Å²) in [6.07, 6.45) is 8.56. The number of carbonyl (C=O) groups excluding carboxylic acids is 1. The van der Waals surface area contributed by atoms with E-state index in [-0.39, 0.29) is 12.5 Å². The normalized spacial score (nSPS) is 21.2. The molecule has 0 bridgehead atoms. The smallest absolute Gasteiger partial charge is 0.262 e. The highest BCUT2D eigenvalue weighted by atomic mass is 16.5. The molecular formula is C9H9NO2. The third-order valence-electron chi connectivity index (χ3n) is 1.74. The van der Waals surface area contributed by atoms with Crippen LogP contribution >= 0.6 is 0 Å². The Hall–Kier alpha value is -1.51. The molecule has 1 aliphatic heterocycles. The van der Waals surface area contributed by atoms with Crippen molar-refractivity contribution in [3.8, 4) is 0 Å². The zero-order valence-corrected chi connectivity index (χ0v) is 6.54. The molecule has 1 saturated heterocycles. The fourth-order valence-corrected chi connectivity index (χ4v) is 1.18. The first-order valence-corrected chi connectivity index (χ1v) is 3.86. The van der Waals surface area contributed by atoms with E-state index in [0.29, 0.717) is 0 Å². The van der Waals surface area contributed by atoms with Gasteiger partial charge >= 0.3 is 0 Å². The van der Waals surface area contributed by atoms with E-state index in [2.05, 4.69) is 5.32 Å². The molecule has 0 unspecified atom stereocenters. The predicted octanol–water partition coefficient (Wildman–Crippen LogP) is 0.861. The molecule has 3 heteroatoms. The second kappa shape index (κ2) is 2.85. The number of ether oxygens (including phenoxy) is 1. The van der Waals surface area contributed by atoms with Crippen LogP contribution in [0.5, 0.6) is 0 Å². The SMILES string of the molecule is O=C1COC2=CC=CCC=C2N1. The van der Waals surface area contributed by atoms with E-state index in [1.165, 1.54) is 0 Å². The summed E-state index contributed by atoms with van der Waals surface area (Å²) in [6.45, 7) is 0.122. The average Bonchev–Trinajstić information content (AvgIpc) is 2.28. The first kappa shape index (κ1) is 7.16. The molecule has 3 nitrogen and oxygen atoms in total. The molecule has 0 radical (unpaired) electrons. The van der Waals surface area contributed by atoms with Crippen molar-refractivity contribution in [2.24, 2.45) is 0 Å². The Balaban J connectivity index is 2.28. The van der Waals surface area contributed by atoms with Gasteiger partial charge in [-0.25, -0.2) is 0 Å². The van der Waals surface area contributed by atoms with Crippen LogP contribution in [-0.2, 0) is 9.53 Å². The van der Waals surface area contributed by atoms with Crippen molar-refractivity contribution in [3.63, 3.8) is 0 Å².